The van der Waals surface area contributed by atoms with E-state index in [-0.39, 0.29) is 24.8 Å². The maximum absolute atomic E-state index is 12.3. The van der Waals surface area contributed by atoms with Crippen LogP contribution in [0.4, 0.5) is 5.69 Å². The lowest BCUT2D eigenvalue weighted by Gasteiger charge is -2.25. The third-order valence-electron chi connectivity index (χ3n) is 3.95. The second-order valence-corrected chi connectivity index (χ2v) is 5.80. The molecule has 0 bridgehead atoms. The van der Waals surface area contributed by atoms with E-state index in [9.17, 15) is 19.2 Å². The molecule has 1 fully saturated rings. The zero-order chi connectivity index (χ0) is 18.7. The van der Waals surface area contributed by atoms with Gasteiger partial charge in [-0.25, -0.2) is 4.98 Å². The van der Waals surface area contributed by atoms with Crippen molar-refractivity contribution in [2.45, 2.75) is 0 Å². The topological polar surface area (TPSA) is 113 Å². The third-order valence-corrected chi connectivity index (χ3v) is 3.95. The molecule has 0 radical (unpaired) electrons. The number of rotatable bonds is 3. The number of hydrogen-bond acceptors (Lipinski definition) is 5. The molecule has 1 aromatic heterocycles. The lowest BCUT2D eigenvalue weighted by Crippen LogP contribution is -2.52. The first-order chi connectivity index (χ1) is 12.5. The van der Waals surface area contributed by atoms with Crippen LogP contribution < -0.4 is 10.6 Å². The summed E-state index contributed by atoms with van der Waals surface area (Å²) in [6, 6.07) is 6.16. The molecule has 9 nitrogen and oxygen atoms in total. The molecule has 0 unspecified atom stereocenters. The lowest BCUT2D eigenvalue weighted by atomic mass is 10.1. The van der Waals surface area contributed by atoms with Gasteiger partial charge in [-0.3, -0.25) is 19.2 Å². The highest BCUT2D eigenvalue weighted by atomic mass is 16.2. The fourth-order valence-corrected chi connectivity index (χ4v) is 2.56. The van der Waals surface area contributed by atoms with Crippen molar-refractivity contribution >= 4 is 29.2 Å². The molecule has 26 heavy (non-hydrogen) atoms. The summed E-state index contributed by atoms with van der Waals surface area (Å²) >= 11 is 0. The molecule has 1 saturated heterocycles. The van der Waals surface area contributed by atoms with E-state index in [1.807, 2.05) is 0 Å². The Balaban J connectivity index is 1.64. The first kappa shape index (κ1) is 17.3. The zero-order valence-corrected chi connectivity index (χ0v) is 14.1. The van der Waals surface area contributed by atoms with Gasteiger partial charge in [-0.1, -0.05) is 0 Å². The molecule has 1 aliphatic heterocycles. The van der Waals surface area contributed by atoms with Crippen LogP contribution in [0.1, 0.15) is 16.2 Å². The van der Waals surface area contributed by atoms with Gasteiger partial charge in [-0.2, -0.15) is 0 Å². The maximum Gasteiger partial charge on any atom is 0.313 e. The van der Waals surface area contributed by atoms with E-state index >= 15 is 0 Å². The van der Waals surface area contributed by atoms with Crippen molar-refractivity contribution in [1.82, 2.24) is 19.8 Å². The molecule has 2 N–H and O–H groups in total. The van der Waals surface area contributed by atoms with Gasteiger partial charge < -0.3 is 20.1 Å². The van der Waals surface area contributed by atoms with Gasteiger partial charge in [0.1, 0.15) is 6.54 Å². The molecular formula is C17H17N5O4. The van der Waals surface area contributed by atoms with E-state index in [0.717, 1.165) is 0 Å². The van der Waals surface area contributed by atoms with E-state index < -0.39 is 11.8 Å². The number of piperazine rings is 1. The van der Waals surface area contributed by atoms with Gasteiger partial charge in [0.2, 0.25) is 11.7 Å². The Kier molecular flexibility index (Phi) is 4.78. The average Bonchev–Trinajstić information content (AvgIpc) is 3.07. The van der Waals surface area contributed by atoms with Crippen LogP contribution >= 0.6 is 0 Å². The summed E-state index contributed by atoms with van der Waals surface area (Å²) in [6.45, 7) is 0.473. The summed E-state index contributed by atoms with van der Waals surface area (Å²) in [7, 11) is 1.72. The molecule has 134 valence electrons. The van der Waals surface area contributed by atoms with E-state index in [2.05, 4.69) is 15.6 Å². The molecule has 0 saturated carbocycles. The van der Waals surface area contributed by atoms with Crippen LogP contribution in [0.5, 0.6) is 0 Å². The van der Waals surface area contributed by atoms with E-state index in [1.165, 1.54) is 23.2 Å². The van der Waals surface area contributed by atoms with Gasteiger partial charge in [0, 0.05) is 43.8 Å². The van der Waals surface area contributed by atoms with Crippen molar-refractivity contribution in [2.24, 2.45) is 7.05 Å². The molecule has 0 aliphatic carbocycles. The SMILES string of the molecule is Cn1ccnc1C(=O)c1ccc(NC(=O)C(=O)N2CCNC(=O)C2)cc1. The number of anilines is 1. The van der Waals surface area contributed by atoms with Crippen LogP contribution in [0.2, 0.25) is 0 Å². The van der Waals surface area contributed by atoms with Crippen LogP contribution in [0.3, 0.4) is 0 Å². The molecule has 3 rings (SSSR count). The van der Waals surface area contributed by atoms with Gasteiger partial charge >= 0.3 is 11.8 Å². The third kappa shape index (κ3) is 3.61. The Morgan fingerprint density at radius 1 is 1.19 bits per heavy atom. The minimum atomic E-state index is -0.831. The highest BCUT2D eigenvalue weighted by Gasteiger charge is 2.26. The second-order valence-electron chi connectivity index (χ2n) is 5.80. The van der Waals surface area contributed by atoms with Gasteiger partial charge in [0.15, 0.2) is 5.82 Å². The highest BCUT2D eigenvalue weighted by Crippen LogP contribution is 2.13. The Morgan fingerprint density at radius 2 is 1.92 bits per heavy atom. The first-order valence-electron chi connectivity index (χ1n) is 7.95. The lowest BCUT2D eigenvalue weighted by molar-refractivity contribution is -0.145. The predicted octanol–water partition coefficient (Wildman–Crippen LogP) is -0.452. The van der Waals surface area contributed by atoms with E-state index in [1.54, 1.807) is 29.9 Å². The molecular weight excluding hydrogens is 338 g/mol. The van der Waals surface area contributed by atoms with Crippen LogP contribution in [0, 0.1) is 0 Å². The van der Waals surface area contributed by atoms with Crippen LogP contribution in [-0.4, -0.2) is 57.6 Å². The van der Waals surface area contributed by atoms with Crippen molar-refractivity contribution in [2.75, 3.05) is 25.0 Å². The number of carbonyl (C=O) groups is 4. The van der Waals surface area contributed by atoms with Crippen LogP contribution in [0.15, 0.2) is 36.7 Å². The largest absolute Gasteiger partial charge is 0.353 e. The molecule has 1 aromatic carbocycles. The molecule has 3 amide bonds. The predicted molar refractivity (Wildman–Crippen MR) is 91.3 cm³/mol. The summed E-state index contributed by atoms with van der Waals surface area (Å²) in [5.41, 5.74) is 0.789. The molecule has 0 atom stereocenters. The summed E-state index contributed by atoms with van der Waals surface area (Å²) in [4.78, 5) is 53.0. The molecule has 0 spiro atoms. The standard InChI is InChI=1S/C17H17N5O4/c1-21-8-6-19-15(21)14(24)11-2-4-12(5-3-11)20-16(25)17(26)22-9-7-18-13(23)10-22/h2-6,8H,7,9-10H2,1H3,(H,18,23)(H,20,25). The van der Waals surface area contributed by atoms with Gasteiger partial charge in [0.05, 0.1) is 0 Å². The number of carbonyl (C=O) groups excluding carboxylic acids is 4. The average molecular weight is 355 g/mol. The smallest absolute Gasteiger partial charge is 0.313 e. The number of benzene rings is 1. The van der Waals surface area contributed by atoms with Gasteiger partial charge in [0.25, 0.3) is 0 Å². The van der Waals surface area contributed by atoms with E-state index in [4.69, 9.17) is 0 Å². The monoisotopic (exact) mass is 355 g/mol. The van der Waals surface area contributed by atoms with Gasteiger partial charge in [-0.05, 0) is 24.3 Å². The number of nitrogens with zero attached hydrogens (tertiary/aromatic N) is 3. The van der Waals surface area contributed by atoms with Crippen LogP contribution in [0.25, 0.3) is 0 Å². The second kappa shape index (κ2) is 7.18. The molecule has 1 aliphatic rings. The Labute approximate surface area is 149 Å². The normalized spacial score (nSPS) is 13.9. The number of imidazole rings is 1. The quantitative estimate of drug-likeness (QED) is 0.572. The van der Waals surface area contributed by atoms with Gasteiger partial charge in [-0.15, -0.1) is 0 Å². The van der Waals surface area contributed by atoms with Crippen molar-refractivity contribution in [3.05, 3.63) is 48.0 Å². The number of amides is 3. The first-order valence-corrected chi connectivity index (χ1v) is 7.95. The molecule has 2 heterocycles. The highest BCUT2D eigenvalue weighted by molar-refractivity contribution is 6.39. The van der Waals surface area contributed by atoms with Crippen molar-refractivity contribution in [3.63, 3.8) is 0 Å². The summed E-state index contributed by atoms with van der Waals surface area (Å²) < 4.78 is 1.62. The summed E-state index contributed by atoms with van der Waals surface area (Å²) in [5.74, 6) is -1.84. The number of aryl methyl sites for hydroxylation is 1. The van der Waals surface area contributed by atoms with Crippen LogP contribution in [-0.2, 0) is 21.4 Å². The number of nitrogens with one attached hydrogen (secondary N) is 2. The minimum Gasteiger partial charge on any atom is -0.353 e. The Hall–Kier alpha value is -3.49. The number of ketones is 1. The Bertz CT molecular complexity index is 872. The fraction of sp³-hybridized carbons (Fsp3) is 0.235. The number of hydrogen-bond donors (Lipinski definition) is 2. The minimum absolute atomic E-state index is 0.136. The molecule has 2 aromatic rings. The number of aromatic nitrogens is 2. The summed E-state index contributed by atoms with van der Waals surface area (Å²) in [6.07, 6.45) is 3.21. The Morgan fingerprint density at radius 3 is 2.54 bits per heavy atom. The van der Waals surface area contributed by atoms with Crippen molar-refractivity contribution < 1.29 is 19.2 Å². The summed E-state index contributed by atoms with van der Waals surface area (Å²) in [5, 5.41) is 5.06. The maximum atomic E-state index is 12.3. The zero-order valence-electron chi connectivity index (χ0n) is 14.1. The molecule has 9 heteroatoms. The van der Waals surface area contributed by atoms with E-state index in [0.29, 0.717) is 23.6 Å². The van der Waals surface area contributed by atoms with Crippen molar-refractivity contribution in [1.29, 1.82) is 0 Å². The van der Waals surface area contributed by atoms with Crippen molar-refractivity contribution in [3.8, 4) is 0 Å². The fourth-order valence-electron chi connectivity index (χ4n) is 2.56.